The normalized spacial score (nSPS) is 17.7. The van der Waals surface area contributed by atoms with E-state index in [1.54, 1.807) is 12.1 Å². The third-order valence-electron chi connectivity index (χ3n) is 4.48. The Morgan fingerprint density at radius 2 is 2.21 bits per heavy atom. The van der Waals surface area contributed by atoms with Crippen molar-refractivity contribution >= 4 is 23.2 Å². The molecule has 0 heterocycles. The molecule has 0 radical (unpaired) electrons. The molecule has 1 aliphatic rings. The Balaban J connectivity index is 2.11. The van der Waals surface area contributed by atoms with E-state index in [-0.39, 0.29) is 35.9 Å². The van der Waals surface area contributed by atoms with Crippen molar-refractivity contribution in [2.75, 3.05) is 0 Å². The fourth-order valence-corrected chi connectivity index (χ4v) is 3.41. The molecule has 0 aliphatic heterocycles. The minimum absolute atomic E-state index is 0.00409. The minimum Gasteiger partial charge on any atom is -0.491 e. The zero-order valence-electron chi connectivity index (χ0n) is 16.2. The molecule has 1 aromatic rings. The standard InChI is InChI=1S/C21H26F2N2O2S/c1-4-9-24-20(28)25-19(26)17-10-16(11-18(12-17)27-14(2)3)6-5-15-7-8-21(22,23)13-15/h9-12,14-15H,1,5-8,13H2,2-3H3,(H2,24,25,26,28). The van der Waals surface area contributed by atoms with Gasteiger partial charge in [-0.1, -0.05) is 6.58 Å². The first kappa shape index (κ1) is 22.1. The van der Waals surface area contributed by atoms with E-state index in [4.69, 9.17) is 17.0 Å². The second-order valence-corrected chi connectivity index (χ2v) is 7.72. The summed E-state index contributed by atoms with van der Waals surface area (Å²) in [6.45, 7) is 7.20. The van der Waals surface area contributed by atoms with Gasteiger partial charge in [0.15, 0.2) is 5.11 Å². The number of benzene rings is 1. The van der Waals surface area contributed by atoms with Gasteiger partial charge in [-0.15, -0.1) is 5.73 Å². The first-order valence-corrected chi connectivity index (χ1v) is 9.74. The van der Waals surface area contributed by atoms with Crippen LogP contribution in [0, 0.1) is 5.92 Å². The Bertz CT molecular complexity index is 774. The maximum Gasteiger partial charge on any atom is 0.257 e. The van der Waals surface area contributed by atoms with Crippen LogP contribution in [0.25, 0.3) is 0 Å². The molecule has 4 nitrogen and oxygen atoms in total. The summed E-state index contributed by atoms with van der Waals surface area (Å²) in [6.07, 6.45) is 3.05. The van der Waals surface area contributed by atoms with E-state index >= 15 is 0 Å². The number of rotatable bonds is 7. The Labute approximate surface area is 170 Å². The molecule has 1 fully saturated rings. The van der Waals surface area contributed by atoms with E-state index in [9.17, 15) is 13.6 Å². The van der Waals surface area contributed by atoms with Crippen molar-refractivity contribution in [1.29, 1.82) is 0 Å². The van der Waals surface area contributed by atoms with Crippen LogP contribution in [-0.2, 0) is 6.42 Å². The maximum absolute atomic E-state index is 13.4. The Hall–Kier alpha value is -2.24. The minimum atomic E-state index is -2.54. The molecule has 1 aliphatic carbocycles. The average molecular weight is 409 g/mol. The maximum atomic E-state index is 13.4. The molecule has 1 unspecified atom stereocenters. The average Bonchev–Trinajstić information content (AvgIpc) is 2.96. The summed E-state index contributed by atoms with van der Waals surface area (Å²) in [7, 11) is 0. The lowest BCUT2D eigenvalue weighted by atomic mass is 9.97. The van der Waals surface area contributed by atoms with Gasteiger partial charge in [-0.25, -0.2) is 8.78 Å². The van der Waals surface area contributed by atoms with Crippen LogP contribution < -0.4 is 15.4 Å². The third kappa shape index (κ3) is 7.06. The van der Waals surface area contributed by atoms with Crippen LogP contribution in [0.4, 0.5) is 8.78 Å². The molecule has 1 atom stereocenters. The van der Waals surface area contributed by atoms with Gasteiger partial charge in [0.2, 0.25) is 5.92 Å². The fraction of sp³-hybridized carbons (Fsp3) is 0.476. The zero-order chi connectivity index (χ0) is 20.7. The number of amides is 1. The molecule has 152 valence electrons. The fourth-order valence-electron chi connectivity index (χ4n) is 3.26. The van der Waals surface area contributed by atoms with E-state index in [0.29, 0.717) is 30.6 Å². The van der Waals surface area contributed by atoms with Crippen molar-refractivity contribution in [2.45, 2.75) is 58.0 Å². The summed E-state index contributed by atoms with van der Waals surface area (Å²) in [5.41, 5.74) is 3.78. The van der Waals surface area contributed by atoms with Gasteiger partial charge in [0.1, 0.15) is 5.75 Å². The van der Waals surface area contributed by atoms with Gasteiger partial charge in [-0.05, 0) is 75.0 Å². The van der Waals surface area contributed by atoms with E-state index in [0.717, 1.165) is 5.56 Å². The number of thiocarbonyl (C=S) groups is 1. The molecule has 2 rings (SSSR count). The summed E-state index contributed by atoms with van der Waals surface area (Å²) in [4.78, 5) is 12.5. The van der Waals surface area contributed by atoms with Crippen LogP contribution in [0.15, 0.2) is 36.7 Å². The summed E-state index contributed by atoms with van der Waals surface area (Å²) in [5, 5.41) is 5.37. The molecule has 0 saturated heterocycles. The Morgan fingerprint density at radius 1 is 1.46 bits per heavy atom. The van der Waals surface area contributed by atoms with Gasteiger partial charge < -0.3 is 10.1 Å². The van der Waals surface area contributed by atoms with E-state index in [2.05, 4.69) is 22.9 Å². The number of ether oxygens (including phenoxy) is 1. The second kappa shape index (κ2) is 9.80. The van der Waals surface area contributed by atoms with E-state index in [1.807, 2.05) is 19.9 Å². The second-order valence-electron chi connectivity index (χ2n) is 7.31. The number of hydrogen-bond donors (Lipinski definition) is 2. The Kier molecular flexibility index (Phi) is 7.72. The topological polar surface area (TPSA) is 50.4 Å². The molecule has 0 spiro atoms. The molecule has 1 aromatic carbocycles. The van der Waals surface area contributed by atoms with Gasteiger partial charge >= 0.3 is 0 Å². The predicted molar refractivity (Wildman–Crippen MR) is 110 cm³/mol. The SMILES string of the molecule is C=C=CNC(=S)NC(=O)c1cc(CCC2CCC(F)(F)C2)cc(OC(C)C)c1. The molecule has 0 aromatic heterocycles. The van der Waals surface area contributed by atoms with Crippen LogP contribution in [0.2, 0.25) is 0 Å². The first-order valence-electron chi connectivity index (χ1n) is 9.33. The van der Waals surface area contributed by atoms with Crippen molar-refractivity contribution in [3.63, 3.8) is 0 Å². The van der Waals surface area contributed by atoms with Gasteiger partial charge in [-0.3, -0.25) is 10.1 Å². The van der Waals surface area contributed by atoms with Gasteiger partial charge in [0.25, 0.3) is 5.91 Å². The van der Waals surface area contributed by atoms with E-state index < -0.39 is 5.92 Å². The van der Waals surface area contributed by atoms with E-state index in [1.165, 1.54) is 6.20 Å². The molecule has 28 heavy (non-hydrogen) atoms. The number of carbonyl (C=O) groups is 1. The summed E-state index contributed by atoms with van der Waals surface area (Å²) in [6, 6.07) is 5.26. The van der Waals surface area contributed by atoms with Gasteiger partial charge in [-0.2, -0.15) is 0 Å². The number of nitrogens with one attached hydrogen (secondary N) is 2. The van der Waals surface area contributed by atoms with Crippen molar-refractivity contribution in [2.24, 2.45) is 5.92 Å². The summed E-state index contributed by atoms with van der Waals surface area (Å²) >= 11 is 5.03. The van der Waals surface area contributed by atoms with Crippen LogP contribution >= 0.6 is 12.2 Å². The lowest BCUT2D eigenvalue weighted by Crippen LogP contribution is -2.36. The molecular weight excluding hydrogens is 382 g/mol. The van der Waals surface area contributed by atoms with Crippen LogP contribution in [0.5, 0.6) is 5.75 Å². The van der Waals surface area contributed by atoms with Crippen molar-refractivity contribution in [1.82, 2.24) is 10.6 Å². The molecular formula is C21H26F2N2O2S. The predicted octanol–water partition coefficient (Wildman–Crippen LogP) is 4.74. The first-order chi connectivity index (χ1) is 13.2. The highest BCUT2D eigenvalue weighted by Crippen LogP contribution is 2.40. The number of alkyl halides is 2. The lowest BCUT2D eigenvalue weighted by molar-refractivity contribution is 0.00472. The molecule has 7 heteroatoms. The van der Waals surface area contributed by atoms with Gasteiger partial charge in [0, 0.05) is 24.6 Å². The highest BCUT2D eigenvalue weighted by atomic mass is 32.1. The van der Waals surface area contributed by atoms with Crippen LogP contribution in [0.1, 0.15) is 55.5 Å². The molecule has 1 amide bonds. The van der Waals surface area contributed by atoms with Gasteiger partial charge in [0.05, 0.1) is 6.10 Å². The number of carbonyl (C=O) groups excluding carboxylic acids is 1. The molecule has 2 N–H and O–H groups in total. The van der Waals surface area contributed by atoms with Crippen molar-refractivity contribution in [3.8, 4) is 5.75 Å². The smallest absolute Gasteiger partial charge is 0.257 e. The number of halogens is 2. The Morgan fingerprint density at radius 3 is 2.82 bits per heavy atom. The quantitative estimate of drug-likeness (QED) is 0.505. The van der Waals surface area contributed by atoms with Crippen LogP contribution in [0.3, 0.4) is 0 Å². The monoisotopic (exact) mass is 408 g/mol. The highest BCUT2D eigenvalue weighted by molar-refractivity contribution is 7.80. The van der Waals surface area contributed by atoms with Crippen LogP contribution in [-0.4, -0.2) is 23.0 Å². The number of aryl methyl sites for hydroxylation is 1. The van der Waals surface area contributed by atoms with Crippen molar-refractivity contribution in [3.05, 3.63) is 47.8 Å². The lowest BCUT2D eigenvalue weighted by Gasteiger charge is -2.15. The molecule has 1 saturated carbocycles. The summed E-state index contributed by atoms with van der Waals surface area (Å²) < 4.78 is 32.6. The zero-order valence-corrected chi connectivity index (χ0v) is 17.0. The molecule has 0 bridgehead atoms. The highest BCUT2D eigenvalue weighted by Gasteiger charge is 2.38. The largest absolute Gasteiger partial charge is 0.491 e. The third-order valence-corrected chi connectivity index (χ3v) is 4.70. The number of hydrogen-bond acceptors (Lipinski definition) is 3. The summed E-state index contributed by atoms with van der Waals surface area (Å²) in [5.74, 6) is -2.34. The van der Waals surface area contributed by atoms with Crippen molar-refractivity contribution < 1.29 is 18.3 Å².